The lowest BCUT2D eigenvalue weighted by Gasteiger charge is -1.96. The molecular formula is C12H12N2O. The van der Waals surface area contributed by atoms with E-state index in [4.69, 9.17) is 0 Å². The molecule has 0 bridgehead atoms. The molecular weight excluding hydrogens is 188 g/mol. The summed E-state index contributed by atoms with van der Waals surface area (Å²) in [4.78, 5) is 15.9. The van der Waals surface area contributed by atoms with Gasteiger partial charge in [0.15, 0.2) is 5.78 Å². The minimum absolute atomic E-state index is 0.0469. The topological polar surface area (TPSA) is 34.4 Å². The van der Waals surface area contributed by atoms with Gasteiger partial charge in [0.25, 0.3) is 0 Å². The zero-order valence-corrected chi connectivity index (χ0v) is 8.60. The zero-order chi connectivity index (χ0) is 10.4. The molecule has 1 saturated carbocycles. The maximum Gasteiger partial charge on any atom is 0.180 e. The van der Waals surface area contributed by atoms with Gasteiger partial charge in [0.2, 0.25) is 0 Å². The van der Waals surface area contributed by atoms with Crippen molar-refractivity contribution >= 4 is 11.3 Å². The molecule has 3 heteroatoms. The van der Waals surface area contributed by atoms with E-state index in [0.29, 0.717) is 11.6 Å². The van der Waals surface area contributed by atoms with Crippen LogP contribution in [0.1, 0.15) is 42.0 Å². The number of fused-ring (bicyclic) bond motifs is 1. The molecule has 1 fully saturated rings. The number of imidazole rings is 1. The highest BCUT2D eigenvalue weighted by molar-refractivity contribution is 5.99. The van der Waals surface area contributed by atoms with Crippen LogP contribution in [-0.2, 0) is 0 Å². The molecule has 0 spiro atoms. The van der Waals surface area contributed by atoms with E-state index < -0.39 is 0 Å². The van der Waals surface area contributed by atoms with Gasteiger partial charge in [-0.2, -0.15) is 0 Å². The van der Waals surface area contributed by atoms with Crippen molar-refractivity contribution in [1.82, 2.24) is 9.38 Å². The van der Waals surface area contributed by atoms with E-state index in [2.05, 4.69) is 9.38 Å². The monoisotopic (exact) mass is 200 g/mol. The Labute approximate surface area is 87.7 Å². The molecule has 2 heterocycles. The number of carbonyl (C=O) groups is 1. The fraction of sp³-hybridized carbons (Fsp3) is 0.333. The Morgan fingerprint density at radius 1 is 1.47 bits per heavy atom. The lowest BCUT2D eigenvalue weighted by atomic mass is 10.2. The molecule has 1 aliphatic carbocycles. The maximum atomic E-state index is 11.4. The molecule has 0 aliphatic heterocycles. The summed E-state index contributed by atoms with van der Waals surface area (Å²) in [6, 6.07) is 5.88. The molecule has 0 N–H and O–H groups in total. The number of Topliss-reactive ketones (excluding diaryl/α,β-unsaturated/α-hetero) is 1. The van der Waals surface area contributed by atoms with E-state index in [9.17, 15) is 4.79 Å². The van der Waals surface area contributed by atoms with Crippen LogP contribution in [0.25, 0.3) is 5.52 Å². The van der Waals surface area contributed by atoms with Gasteiger partial charge in [-0.3, -0.25) is 4.79 Å². The predicted octanol–water partition coefficient (Wildman–Crippen LogP) is 2.41. The van der Waals surface area contributed by atoms with E-state index in [1.807, 2.05) is 24.4 Å². The van der Waals surface area contributed by atoms with Gasteiger partial charge in [0.1, 0.15) is 11.5 Å². The minimum atomic E-state index is 0.0469. The summed E-state index contributed by atoms with van der Waals surface area (Å²) in [5.41, 5.74) is 1.55. The SMILES string of the molecule is CC(=O)c1nc(C2CC2)n2ccccc12. The molecule has 2 aromatic heterocycles. The first kappa shape index (κ1) is 8.65. The Bertz CT molecular complexity index is 538. The van der Waals surface area contributed by atoms with Crippen LogP contribution in [0.3, 0.4) is 0 Å². The van der Waals surface area contributed by atoms with Crippen molar-refractivity contribution in [2.75, 3.05) is 0 Å². The normalized spacial score (nSPS) is 15.8. The van der Waals surface area contributed by atoms with Gasteiger partial charge < -0.3 is 4.40 Å². The molecule has 0 radical (unpaired) electrons. The van der Waals surface area contributed by atoms with Crippen LogP contribution in [0, 0.1) is 0 Å². The van der Waals surface area contributed by atoms with E-state index >= 15 is 0 Å². The van der Waals surface area contributed by atoms with Crippen molar-refractivity contribution in [1.29, 1.82) is 0 Å². The summed E-state index contributed by atoms with van der Waals surface area (Å²) in [6.45, 7) is 1.58. The van der Waals surface area contributed by atoms with Crippen LogP contribution < -0.4 is 0 Å². The lowest BCUT2D eigenvalue weighted by molar-refractivity contribution is 0.101. The maximum absolute atomic E-state index is 11.4. The molecule has 0 unspecified atom stereocenters. The molecule has 2 aromatic rings. The highest BCUT2D eigenvalue weighted by atomic mass is 16.1. The minimum Gasteiger partial charge on any atom is -0.303 e. The van der Waals surface area contributed by atoms with Gasteiger partial charge in [-0.25, -0.2) is 4.98 Å². The molecule has 3 nitrogen and oxygen atoms in total. The first-order valence-electron chi connectivity index (χ1n) is 5.25. The van der Waals surface area contributed by atoms with Gasteiger partial charge in [-0.1, -0.05) is 6.07 Å². The number of hydrogen-bond acceptors (Lipinski definition) is 2. The summed E-state index contributed by atoms with van der Waals surface area (Å²) in [5, 5.41) is 0. The number of ketones is 1. The van der Waals surface area contributed by atoms with Crippen LogP contribution >= 0.6 is 0 Å². The standard InChI is InChI=1S/C12H12N2O/c1-8(15)11-10-4-2-3-7-14(10)12(13-11)9-5-6-9/h2-4,7,9H,5-6H2,1H3. The van der Waals surface area contributed by atoms with Crippen molar-refractivity contribution in [3.05, 3.63) is 35.9 Å². The van der Waals surface area contributed by atoms with Crippen molar-refractivity contribution in [2.24, 2.45) is 0 Å². The van der Waals surface area contributed by atoms with Crippen molar-refractivity contribution in [2.45, 2.75) is 25.7 Å². The van der Waals surface area contributed by atoms with Crippen molar-refractivity contribution in [3.63, 3.8) is 0 Å². The van der Waals surface area contributed by atoms with Gasteiger partial charge in [-0.15, -0.1) is 0 Å². The molecule has 0 amide bonds. The molecule has 0 aromatic carbocycles. The van der Waals surface area contributed by atoms with Crippen LogP contribution in [0.4, 0.5) is 0 Å². The molecule has 3 rings (SSSR count). The Balaban J connectivity index is 2.32. The molecule has 0 saturated heterocycles. The van der Waals surface area contributed by atoms with E-state index in [1.54, 1.807) is 6.92 Å². The summed E-state index contributed by atoms with van der Waals surface area (Å²) < 4.78 is 2.05. The number of pyridine rings is 1. The third-order valence-electron chi connectivity index (χ3n) is 2.85. The third kappa shape index (κ3) is 1.27. The number of nitrogens with zero attached hydrogens (tertiary/aromatic N) is 2. The summed E-state index contributed by atoms with van der Waals surface area (Å²) in [5.74, 6) is 1.66. The number of carbonyl (C=O) groups excluding carboxylic acids is 1. The molecule has 15 heavy (non-hydrogen) atoms. The van der Waals surface area contributed by atoms with Crippen LogP contribution in [0.15, 0.2) is 24.4 Å². The highest BCUT2D eigenvalue weighted by Gasteiger charge is 2.29. The predicted molar refractivity (Wildman–Crippen MR) is 57.2 cm³/mol. The van der Waals surface area contributed by atoms with Crippen molar-refractivity contribution in [3.8, 4) is 0 Å². The number of hydrogen-bond donors (Lipinski definition) is 0. The average Bonchev–Trinajstić information content (AvgIpc) is 2.99. The van der Waals surface area contributed by atoms with Gasteiger partial charge in [0, 0.05) is 19.0 Å². The first-order chi connectivity index (χ1) is 7.27. The second-order valence-electron chi connectivity index (χ2n) is 4.10. The Morgan fingerprint density at radius 2 is 2.27 bits per heavy atom. The van der Waals surface area contributed by atoms with Crippen LogP contribution in [0.2, 0.25) is 0 Å². The lowest BCUT2D eigenvalue weighted by Crippen LogP contribution is -1.92. The zero-order valence-electron chi connectivity index (χ0n) is 8.60. The van der Waals surface area contributed by atoms with E-state index in [1.165, 1.54) is 12.8 Å². The quantitative estimate of drug-likeness (QED) is 0.698. The second-order valence-corrected chi connectivity index (χ2v) is 4.10. The van der Waals surface area contributed by atoms with Gasteiger partial charge in [-0.05, 0) is 25.0 Å². The fourth-order valence-corrected chi connectivity index (χ4v) is 1.95. The van der Waals surface area contributed by atoms with Crippen LogP contribution in [0.5, 0.6) is 0 Å². The smallest absolute Gasteiger partial charge is 0.180 e. The summed E-state index contributed by atoms with van der Waals surface area (Å²) in [6.07, 6.45) is 4.39. The largest absolute Gasteiger partial charge is 0.303 e. The number of rotatable bonds is 2. The van der Waals surface area contributed by atoms with Crippen LogP contribution in [-0.4, -0.2) is 15.2 Å². The van der Waals surface area contributed by atoms with Gasteiger partial charge in [0.05, 0.1) is 5.52 Å². The summed E-state index contributed by atoms with van der Waals surface area (Å²) >= 11 is 0. The first-order valence-corrected chi connectivity index (χ1v) is 5.25. The van der Waals surface area contributed by atoms with E-state index in [0.717, 1.165) is 11.3 Å². The Morgan fingerprint density at radius 3 is 2.93 bits per heavy atom. The van der Waals surface area contributed by atoms with Gasteiger partial charge >= 0.3 is 0 Å². The summed E-state index contributed by atoms with van der Waals surface area (Å²) in [7, 11) is 0. The highest BCUT2D eigenvalue weighted by Crippen LogP contribution is 2.39. The fourth-order valence-electron chi connectivity index (χ4n) is 1.95. The number of aromatic nitrogens is 2. The molecule has 0 atom stereocenters. The Kier molecular flexibility index (Phi) is 1.69. The average molecular weight is 200 g/mol. The van der Waals surface area contributed by atoms with E-state index in [-0.39, 0.29) is 5.78 Å². The molecule has 1 aliphatic rings. The third-order valence-corrected chi connectivity index (χ3v) is 2.85. The van der Waals surface area contributed by atoms with Crippen molar-refractivity contribution < 1.29 is 4.79 Å². The second kappa shape index (κ2) is 2.92. The molecule has 76 valence electrons. The Hall–Kier alpha value is -1.64.